The summed E-state index contributed by atoms with van der Waals surface area (Å²) in [5, 5.41) is 0. The highest BCUT2D eigenvalue weighted by atomic mass is 79.9. The maximum absolute atomic E-state index is 11.9. The predicted molar refractivity (Wildman–Crippen MR) is 85.4 cm³/mol. The Morgan fingerprint density at radius 1 is 1.23 bits per heavy atom. The van der Waals surface area contributed by atoms with Gasteiger partial charge < -0.3 is 14.2 Å². The molecule has 0 aliphatic heterocycles. The quantitative estimate of drug-likeness (QED) is 0.587. The molecule has 120 valence electrons. The number of hydrogen-bond donors (Lipinski definition) is 0. The second-order valence-electron chi connectivity index (χ2n) is 5.50. The van der Waals surface area contributed by atoms with Crippen molar-refractivity contribution in [1.29, 1.82) is 0 Å². The second-order valence-corrected chi connectivity index (χ2v) is 6.35. The number of esters is 1. The topological polar surface area (TPSA) is 61.8 Å². The van der Waals surface area contributed by atoms with Crippen LogP contribution in [0.5, 0.6) is 0 Å². The van der Waals surface area contributed by atoms with Crippen LogP contribution in [0.4, 0.5) is 4.79 Å². The van der Waals surface area contributed by atoms with Gasteiger partial charge in [0.2, 0.25) is 0 Å². The molecule has 0 saturated heterocycles. The van der Waals surface area contributed by atoms with E-state index >= 15 is 0 Å². The Balaban J connectivity index is 3.08. The summed E-state index contributed by atoms with van der Waals surface area (Å²) in [5.41, 5.74) is -0.133. The third-order valence-electron chi connectivity index (χ3n) is 2.56. The minimum Gasteiger partial charge on any atom is -0.466 e. The van der Waals surface area contributed by atoms with Gasteiger partial charge in [0, 0.05) is 10.0 Å². The maximum Gasteiger partial charge on any atom is 0.509 e. The van der Waals surface area contributed by atoms with E-state index in [0.29, 0.717) is 10.0 Å². The minimum atomic E-state index is -1.00. The molecular weight excluding hydrogens is 352 g/mol. The zero-order valence-corrected chi connectivity index (χ0v) is 14.6. The number of ether oxygens (including phenoxy) is 3. The van der Waals surface area contributed by atoms with Gasteiger partial charge in [0.1, 0.15) is 5.60 Å². The molecule has 0 saturated carbocycles. The van der Waals surface area contributed by atoms with Crippen LogP contribution in [0.2, 0.25) is 0 Å². The summed E-state index contributed by atoms with van der Waals surface area (Å²) in [7, 11) is 1.23. The standard InChI is InChI=1S/C16H19BrO5/c1-10(14(18)20-5)13(11-8-6-7-9-12(11)17)21-15(19)22-16(2,3)4/h6-9,13H,1H2,2-5H3. The highest BCUT2D eigenvalue weighted by Crippen LogP contribution is 2.32. The van der Waals surface area contributed by atoms with Crippen LogP contribution < -0.4 is 0 Å². The van der Waals surface area contributed by atoms with E-state index in [0.717, 1.165) is 0 Å². The molecule has 6 heteroatoms. The molecule has 1 rings (SSSR count). The van der Waals surface area contributed by atoms with E-state index in [-0.39, 0.29) is 5.57 Å². The van der Waals surface area contributed by atoms with Crippen molar-refractivity contribution >= 4 is 28.1 Å². The molecule has 0 radical (unpaired) electrons. The minimum absolute atomic E-state index is 0.000240. The number of carbonyl (C=O) groups is 2. The van der Waals surface area contributed by atoms with E-state index in [1.54, 1.807) is 45.0 Å². The summed E-state index contributed by atoms with van der Waals surface area (Å²) in [5.74, 6) is -0.663. The fourth-order valence-electron chi connectivity index (χ4n) is 1.62. The molecule has 0 aromatic heterocycles. The molecule has 0 fully saturated rings. The molecule has 0 bridgehead atoms. The Bertz CT molecular complexity index is 574. The largest absolute Gasteiger partial charge is 0.509 e. The van der Waals surface area contributed by atoms with E-state index < -0.39 is 23.8 Å². The van der Waals surface area contributed by atoms with Gasteiger partial charge in [0.25, 0.3) is 0 Å². The van der Waals surface area contributed by atoms with Gasteiger partial charge in [0.15, 0.2) is 6.10 Å². The molecule has 0 aliphatic rings. The second kappa shape index (κ2) is 7.45. The van der Waals surface area contributed by atoms with Crippen molar-refractivity contribution in [2.24, 2.45) is 0 Å². The molecule has 1 atom stereocenters. The first-order valence-electron chi connectivity index (χ1n) is 6.57. The monoisotopic (exact) mass is 370 g/mol. The number of rotatable bonds is 4. The molecule has 1 unspecified atom stereocenters. The van der Waals surface area contributed by atoms with Gasteiger partial charge in [-0.1, -0.05) is 40.7 Å². The van der Waals surface area contributed by atoms with Crippen molar-refractivity contribution in [2.45, 2.75) is 32.5 Å². The van der Waals surface area contributed by atoms with Gasteiger partial charge in [-0.25, -0.2) is 9.59 Å². The fraction of sp³-hybridized carbons (Fsp3) is 0.375. The SMILES string of the molecule is C=C(C(=O)OC)C(OC(=O)OC(C)(C)C)c1ccccc1Br. The Hall–Kier alpha value is -1.82. The van der Waals surface area contributed by atoms with Crippen LogP contribution in [0.3, 0.4) is 0 Å². The Kier molecular flexibility index (Phi) is 6.17. The summed E-state index contributed by atoms with van der Waals surface area (Å²) in [4.78, 5) is 23.7. The fourth-order valence-corrected chi connectivity index (χ4v) is 2.11. The van der Waals surface area contributed by atoms with Gasteiger partial charge in [-0.3, -0.25) is 0 Å². The van der Waals surface area contributed by atoms with Crippen molar-refractivity contribution in [3.63, 3.8) is 0 Å². The van der Waals surface area contributed by atoms with E-state index in [1.807, 2.05) is 0 Å². The van der Waals surface area contributed by atoms with Gasteiger partial charge in [-0.05, 0) is 26.8 Å². The Morgan fingerprint density at radius 3 is 2.32 bits per heavy atom. The average Bonchev–Trinajstić information content (AvgIpc) is 2.42. The molecular formula is C16H19BrO5. The number of hydrogen-bond acceptors (Lipinski definition) is 5. The summed E-state index contributed by atoms with van der Waals surface area (Å²) < 4.78 is 15.7. The smallest absolute Gasteiger partial charge is 0.466 e. The Morgan fingerprint density at radius 2 is 1.82 bits per heavy atom. The van der Waals surface area contributed by atoms with Crippen LogP contribution >= 0.6 is 15.9 Å². The van der Waals surface area contributed by atoms with E-state index in [4.69, 9.17) is 9.47 Å². The molecule has 5 nitrogen and oxygen atoms in total. The van der Waals surface area contributed by atoms with Gasteiger partial charge in [-0.15, -0.1) is 0 Å². The van der Waals surface area contributed by atoms with Gasteiger partial charge in [-0.2, -0.15) is 0 Å². The van der Waals surface area contributed by atoms with Gasteiger partial charge in [0.05, 0.1) is 12.7 Å². The van der Waals surface area contributed by atoms with Crippen LogP contribution in [0.25, 0.3) is 0 Å². The lowest BCUT2D eigenvalue weighted by Crippen LogP contribution is -2.27. The molecule has 0 heterocycles. The van der Waals surface area contributed by atoms with Crippen LogP contribution in [-0.2, 0) is 19.0 Å². The van der Waals surface area contributed by atoms with E-state index in [2.05, 4.69) is 27.2 Å². The predicted octanol–water partition coefficient (Wildman–Crippen LogP) is 4.17. The third kappa shape index (κ3) is 5.18. The highest BCUT2D eigenvalue weighted by molar-refractivity contribution is 9.10. The molecule has 0 spiro atoms. The number of benzene rings is 1. The van der Waals surface area contributed by atoms with Crippen LogP contribution in [0, 0.1) is 0 Å². The lowest BCUT2D eigenvalue weighted by atomic mass is 10.0. The highest BCUT2D eigenvalue weighted by Gasteiger charge is 2.29. The van der Waals surface area contributed by atoms with Crippen molar-refractivity contribution in [3.8, 4) is 0 Å². The van der Waals surface area contributed by atoms with Crippen LogP contribution in [0.15, 0.2) is 40.9 Å². The lowest BCUT2D eigenvalue weighted by molar-refractivity contribution is -0.137. The summed E-state index contributed by atoms with van der Waals surface area (Å²) in [6.07, 6.45) is -1.89. The molecule has 0 amide bonds. The normalized spacial score (nSPS) is 12.2. The van der Waals surface area contributed by atoms with E-state index in [1.165, 1.54) is 7.11 Å². The first kappa shape index (κ1) is 18.2. The molecule has 1 aromatic carbocycles. The summed E-state index contributed by atoms with van der Waals surface area (Å²) >= 11 is 3.36. The number of halogens is 1. The van der Waals surface area contributed by atoms with Crippen molar-refractivity contribution < 1.29 is 23.8 Å². The molecule has 22 heavy (non-hydrogen) atoms. The molecule has 0 N–H and O–H groups in total. The Labute approximate surface area is 138 Å². The molecule has 1 aromatic rings. The lowest BCUT2D eigenvalue weighted by Gasteiger charge is -2.24. The number of carbonyl (C=O) groups excluding carboxylic acids is 2. The van der Waals surface area contributed by atoms with Crippen LogP contribution in [-0.4, -0.2) is 24.8 Å². The van der Waals surface area contributed by atoms with Crippen LogP contribution in [0.1, 0.15) is 32.4 Å². The zero-order chi connectivity index (χ0) is 16.9. The van der Waals surface area contributed by atoms with Crippen molar-refractivity contribution in [2.75, 3.05) is 7.11 Å². The first-order valence-corrected chi connectivity index (χ1v) is 7.36. The van der Waals surface area contributed by atoms with E-state index in [9.17, 15) is 9.59 Å². The molecule has 0 aliphatic carbocycles. The summed E-state index contributed by atoms with van der Waals surface area (Å²) in [6.45, 7) is 8.82. The third-order valence-corrected chi connectivity index (χ3v) is 3.28. The van der Waals surface area contributed by atoms with Crippen molar-refractivity contribution in [3.05, 3.63) is 46.5 Å². The average molecular weight is 371 g/mol. The van der Waals surface area contributed by atoms with Crippen molar-refractivity contribution in [1.82, 2.24) is 0 Å². The first-order chi connectivity index (χ1) is 10.2. The summed E-state index contributed by atoms with van der Waals surface area (Å²) in [6, 6.07) is 7.05. The van der Waals surface area contributed by atoms with Gasteiger partial charge >= 0.3 is 12.1 Å². The maximum atomic E-state index is 11.9. The number of methoxy groups -OCH3 is 1. The zero-order valence-electron chi connectivity index (χ0n) is 13.0.